The lowest BCUT2D eigenvalue weighted by molar-refractivity contribution is -0.137. The molecule has 5 nitrogen and oxygen atoms in total. The second-order valence-corrected chi connectivity index (χ2v) is 6.37. The summed E-state index contributed by atoms with van der Waals surface area (Å²) in [5.41, 5.74) is -1.72. The van der Waals surface area contributed by atoms with E-state index in [9.17, 15) is 22.8 Å². The molecule has 0 spiro atoms. The normalized spacial score (nSPS) is 11.2. The van der Waals surface area contributed by atoms with Crippen LogP contribution >= 0.6 is 11.6 Å². The number of anilines is 1. The van der Waals surface area contributed by atoms with Gasteiger partial charge in [0.2, 0.25) is 0 Å². The molecule has 1 amide bonds. The lowest BCUT2D eigenvalue weighted by Crippen LogP contribution is -2.22. The summed E-state index contributed by atoms with van der Waals surface area (Å²) in [6.45, 7) is 0.0775. The van der Waals surface area contributed by atoms with Crippen molar-refractivity contribution in [2.24, 2.45) is 0 Å². The molecule has 1 heterocycles. The van der Waals surface area contributed by atoms with E-state index in [1.807, 2.05) is 4.98 Å². The highest BCUT2D eigenvalue weighted by Gasteiger charge is 2.31. The molecule has 3 rings (SSSR count). The minimum Gasteiger partial charge on any atom is -0.488 e. The second-order valence-electron chi connectivity index (χ2n) is 5.96. The number of aromatic nitrogens is 1. The molecule has 0 saturated carbocycles. The Morgan fingerprint density at radius 3 is 2.52 bits per heavy atom. The van der Waals surface area contributed by atoms with Gasteiger partial charge in [-0.05, 0) is 24.3 Å². The Morgan fingerprint density at radius 1 is 1.10 bits per heavy atom. The summed E-state index contributed by atoms with van der Waals surface area (Å²) in [7, 11) is 0. The number of para-hydroxylation sites is 1. The zero-order valence-corrected chi connectivity index (χ0v) is 15.5. The fourth-order valence-corrected chi connectivity index (χ4v) is 2.67. The summed E-state index contributed by atoms with van der Waals surface area (Å²) < 4.78 is 44.2. The van der Waals surface area contributed by atoms with Crippen molar-refractivity contribution in [1.82, 2.24) is 4.98 Å². The predicted molar refractivity (Wildman–Crippen MR) is 102 cm³/mol. The fraction of sp³-hybridized carbons (Fsp3) is 0.100. The Labute approximate surface area is 168 Å². The van der Waals surface area contributed by atoms with Crippen LogP contribution in [0.5, 0.6) is 5.75 Å². The molecule has 0 aliphatic heterocycles. The van der Waals surface area contributed by atoms with Crippen LogP contribution in [0.3, 0.4) is 0 Å². The van der Waals surface area contributed by atoms with Gasteiger partial charge in [-0.1, -0.05) is 41.9 Å². The number of H-pyrrole nitrogens is 1. The topological polar surface area (TPSA) is 71.2 Å². The average Bonchev–Trinajstić information content (AvgIpc) is 2.68. The third kappa shape index (κ3) is 4.97. The van der Waals surface area contributed by atoms with Gasteiger partial charge in [0.25, 0.3) is 11.5 Å². The first-order valence-corrected chi connectivity index (χ1v) is 8.70. The number of alkyl halides is 3. The standard InChI is InChI=1S/C20H14ClF3N2O3/c21-15-7-3-1-5-12(15)11-29-17-8-4-2-6-14(17)18(27)26-16-9-13(20(22,23)24)10-25-19(16)28/h1-10H,11H2,(H,25,28)(H,26,27). The van der Waals surface area contributed by atoms with E-state index in [-0.39, 0.29) is 17.9 Å². The van der Waals surface area contributed by atoms with Crippen molar-refractivity contribution >= 4 is 23.2 Å². The van der Waals surface area contributed by atoms with Crippen LogP contribution in [-0.2, 0) is 12.8 Å². The first-order chi connectivity index (χ1) is 13.8. The number of hydrogen-bond acceptors (Lipinski definition) is 3. The molecule has 2 aromatic carbocycles. The molecule has 1 aromatic heterocycles. The van der Waals surface area contributed by atoms with Gasteiger partial charge < -0.3 is 15.0 Å². The van der Waals surface area contributed by atoms with Crippen LogP contribution in [0, 0.1) is 0 Å². The van der Waals surface area contributed by atoms with Gasteiger partial charge in [-0.25, -0.2) is 0 Å². The summed E-state index contributed by atoms with van der Waals surface area (Å²) >= 11 is 6.08. The number of pyridine rings is 1. The largest absolute Gasteiger partial charge is 0.488 e. The van der Waals surface area contributed by atoms with E-state index in [4.69, 9.17) is 16.3 Å². The van der Waals surface area contributed by atoms with Crippen molar-refractivity contribution < 1.29 is 22.7 Å². The molecule has 0 aliphatic carbocycles. The molecule has 0 radical (unpaired) electrons. The fourth-order valence-electron chi connectivity index (χ4n) is 2.48. The summed E-state index contributed by atoms with van der Waals surface area (Å²) in [6, 6.07) is 13.7. The number of nitrogens with one attached hydrogen (secondary N) is 2. The van der Waals surface area contributed by atoms with Crippen LogP contribution in [0.1, 0.15) is 21.5 Å². The number of benzene rings is 2. The molecule has 0 atom stereocenters. The molecule has 0 bridgehead atoms. The van der Waals surface area contributed by atoms with E-state index in [0.29, 0.717) is 22.8 Å². The summed E-state index contributed by atoms with van der Waals surface area (Å²) in [5.74, 6) is -0.599. The molecule has 150 valence electrons. The molecular formula is C20H14ClF3N2O3. The highest BCUT2D eigenvalue weighted by molar-refractivity contribution is 6.31. The quantitative estimate of drug-likeness (QED) is 0.615. The summed E-state index contributed by atoms with van der Waals surface area (Å²) in [6.07, 6.45) is -4.13. The van der Waals surface area contributed by atoms with Crippen molar-refractivity contribution in [3.8, 4) is 5.75 Å². The van der Waals surface area contributed by atoms with E-state index in [1.54, 1.807) is 36.4 Å². The van der Waals surface area contributed by atoms with Gasteiger partial charge in [0.15, 0.2) is 0 Å². The SMILES string of the molecule is O=C(Nc1cc(C(F)(F)F)c[nH]c1=O)c1ccccc1OCc1ccccc1Cl. The highest BCUT2D eigenvalue weighted by Crippen LogP contribution is 2.29. The van der Waals surface area contributed by atoms with Crippen LogP contribution in [0.25, 0.3) is 0 Å². The molecular weight excluding hydrogens is 409 g/mol. The lowest BCUT2D eigenvalue weighted by atomic mass is 10.1. The maximum Gasteiger partial charge on any atom is 0.417 e. The molecule has 0 unspecified atom stereocenters. The second kappa shape index (κ2) is 8.40. The van der Waals surface area contributed by atoms with Crippen molar-refractivity contribution in [3.63, 3.8) is 0 Å². The molecule has 29 heavy (non-hydrogen) atoms. The van der Waals surface area contributed by atoms with Crippen molar-refractivity contribution in [3.05, 3.63) is 92.9 Å². The Morgan fingerprint density at radius 2 is 1.79 bits per heavy atom. The maximum absolute atomic E-state index is 12.9. The van der Waals surface area contributed by atoms with Crippen LogP contribution in [0.2, 0.25) is 5.02 Å². The smallest absolute Gasteiger partial charge is 0.417 e. The number of carbonyl (C=O) groups excluding carboxylic acids is 1. The molecule has 0 aliphatic rings. The van der Waals surface area contributed by atoms with Crippen molar-refractivity contribution in [2.45, 2.75) is 12.8 Å². The molecule has 0 fully saturated rings. The van der Waals surface area contributed by atoms with E-state index in [0.717, 1.165) is 0 Å². The highest BCUT2D eigenvalue weighted by atomic mass is 35.5. The molecule has 9 heteroatoms. The minimum absolute atomic E-state index is 0.0522. The van der Waals surface area contributed by atoms with Gasteiger partial charge in [0.1, 0.15) is 18.0 Å². The molecule has 0 saturated heterocycles. The van der Waals surface area contributed by atoms with E-state index in [1.165, 1.54) is 12.1 Å². The van der Waals surface area contributed by atoms with Gasteiger partial charge in [-0.3, -0.25) is 9.59 Å². The number of carbonyl (C=O) groups is 1. The molecule has 2 N–H and O–H groups in total. The van der Waals surface area contributed by atoms with Gasteiger partial charge in [-0.15, -0.1) is 0 Å². The molecule has 3 aromatic rings. The number of rotatable bonds is 5. The van der Waals surface area contributed by atoms with Crippen LogP contribution < -0.4 is 15.6 Å². The summed E-state index contributed by atoms with van der Waals surface area (Å²) in [5, 5.41) is 2.69. The average molecular weight is 423 g/mol. The zero-order chi connectivity index (χ0) is 21.0. The number of aromatic amines is 1. The van der Waals surface area contributed by atoms with Crippen LogP contribution in [0.15, 0.2) is 65.6 Å². The van der Waals surface area contributed by atoms with Crippen LogP contribution in [-0.4, -0.2) is 10.9 Å². The van der Waals surface area contributed by atoms with Crippen molar-refractivity contribution in [1.29, 1.82) is 0 Å². The Balaban J connectivity index is 1.82. The zero-order valence-electron chi connectivity index (χ0n) is 14.7. The third-order valence-corrected chi connectivity index (χ3v) is 4.32. The number of hydrogen-bond donors (Lipinski definition) is 2. The maximum atomic E-state index is 12.9. The predicted octanol–water partition coefficient (Wildman–Crippen LogP) is 4.88. The Bertz CT molecular complexity index is 1100. The van der Waals surface area contributed by atoms with E-state index >= 15 is 0 Å². The van der Waals surface area contributed by atoms with Gasteiger partial charge in [-0.2, -0.15) is 13.2 Å². The van der Waals surface area contributed by atoms with Gasteiger partial charge in [0.05, 0.1) is 11.1 Å². The first-order valence-electron chi connectivity index (χ1n) is 8.32. The van der Waals surface area contributed by atoms with Gasteiger partial charge >= 0.3 is 6.18 Å². The monoisotopic (exact) mass is 422 g/mol. The first kappa shape index (κ1) is 20.5. The number of ether oxygens (including phenoxy) is 1. The number of halogens is 4. The Hall–Kier alpha value is -3.26. The van der Waals surface area contributed by atoms with E-state index < -0.39 is 28.9 Å². The van der Waals surface area contributed by atoms with Crippen LogP contribution in [0.4, 0.5) is 18.9 Å². The third-order valence-electron chi connectivity index (χ3n) is 3.95. The summed E-state index contributed by atoms with van der Waals surface area (Å²) in [4.78, 5) is 26.4. The lowest BCUT2D eigenvalue weighted by Gasteiger charge is -2.13. The van der Waals surface area contributed by atoms with Crippen molar-refractivity contribution in [2.75, 3.05) is 5.32 Å². The van der Waals surface area contributed by atoms with Gasteiger partial charge in [0, 0.05) is 16.8 Å². The van der Waals surface area contributed by atoms with E-state index in [2.05, 4.69) is 5.32 Å². The Kier molecular flexibility index (Phi) is 5.93. The minimum atomic E-state index is -4.67. The number of amides is 1.